The molecule has 5 heteroatoms. The van der Waals surface area contributed by atoms with E-state index < -0.39 is 6.03 Å². The van der Waals surface area contributed by atoms with Gasteiger partial charge in [0, 0.05) is 18.0 Å². The van der Waals surface area contributed by atoms with Crippen molar-refractivity contribution in [1.82, 2.24) is 4.90 Å². The van der Waals surface area contributed by atoms with Crippen molar-refractivity contribution in [3.05, 3.63) is 57.5 Å². The number of hydrogen-bond donors (Lipinski definition) is 2. The number of nitrogens with two attached hydrogens (primary N) is 1. The number of urea groups is 1. The summed E-state index contributed by atoms with van der Waals surface area (Å²) in [7, 11) is 2.19. The van der Waals surface area contributed by atoms with Crippen LogP contribution in [0.15, 0.2) is 35.9 Å². The standard InChI is InChI=1S/C20H23N3OS/c1-23-10-8-14(9-11-23)18-16-5-3-2-4-13(16)6-7-15-12-17(22-20(21)24)25-19(15)18/h2-5,12H,6-11H2,1H3,(H3,21,22,24). The molecule has 4 nitrogen and oxygen atoms in total. The molecule has 0 atom stereocenters. The molecule has 0 spiro atoms. The van der Waals surface area contributed by atoms with Gasteiger partial charge in [-0.25, -0.2) is 4.79 Å². The molecule has 2 aliphatic rings. The van der Waals surface area contributed by atoms with E-state index in [-0.39, 0.29) is 0 Å². The smallest absolute Gasteiger partial charge is 0.317 e. The number of amides is 2. The highest BCUT2D eigenvalue weighted by Gasteiger charge is 2.25. The van der Waals surface area contributed by atoms with Gasteiger partial charge in [-0.15, -0.1) is 11.3 Å². The van der Waals surface area contributed by atoms with E-state index in [0.29, 0.717) is 0 Å². The van der Waals surface area contributed by atoms with Gasteiger partial charge in [0.25, 0.3) is 0 Å². The van der Waals surface area contributed by atoms with Crippen molar-refractivity contribution in [3.63, 3.8) is 0 Å². The zero-order chi connectivity index (χ0) is 17.4. The Kier molecular flexibility index (Phi) is 4.36. The Bertz CT molecular complexity index is 842. The lowest BCUT2D eigenvalue weighted by Gasteiger charge is -2.27. The second-order valence-corrected chi connectivity index (χ2v) is 7.95. The second-order valence-electron chi connectivity index (χ2n) is 6.89. The summed E-state index contributed by atoms with van der Waals surface area (Å²) in [6.45, 7) is 2.21. The van der Waals surface area contributed by atoms with Crippen LogP contribution in [0.1, 0.15) is 34.4 Å². The number of hydrogen-bond acceptors (Lipinski definition) is 3. The number of fused-ring (bicyclic) bond motifs is 2. The first-order valence-corrected chi connectivity index (χ1v) is 9.62. The molecule has 0 radical (unpaired) electrons. The summed E-state index contributed by atoms with van der Waals surface area (Å²) in [4.78, 5) is 15.0. The van der Waals surface area contributed by atoms with Crippen LogP contribution in [0.5, 0.6) is 0 Å². The molecule has 1 aliphatic carbocycles. The number of piperidine rings is 1. The molecule has 2 amide bonds. The molecule has 1 aliphatic heterocycles. The molecule has 3 N–H and O–H groups in total. The fourth-order valence-corrected chi connectivity index (χ4v) is 5.09. The lowest BCUT2D eigenvalue weighted by atomic mass is 9.90. The van der Waals surface area contributed by atoms with E-state index in [1.807, 2.05) is 0 Å². The molecule has 0 bridgehead atoms. The van der Waals surface area contributed by atoms with E-state index in [1.165, 1.54) is 27.1 Å². The summed E-state index contributed by atoms with van der Waals surface area (Å²) in [6, 6.07) is 10.4. The Hall–Kier alpha value is -2.11. The van der Waals surface area contributed by atoms with Crippen LogP contribution in [-0.4, -0.2) is 31.1 Å². The van der Waals surface area contributed by atoms with E-state index in [0.717, 1.165) is 43.8 Å². The van der Waals surface area contributed by atoms with Crippen molar-refractivity contribution in [1.29, 1.82) is 0 Å². The normalized spacial score (nSPS) is 17.6. The lowest BCUT2D eigenvalue weighted by molar-refractivity contribution is 0.259. The number of nitrogens with zero attached hydrogens (tertiary/aromatic N) is 1. The van der Waals surface area contributed by atoms with Crippen molar-refractivity contribution < 1.29 is 4.79 Å². The molecule has 25 heavy (non-hydrogen) atoms. The van der Waals surface area contributed by atoms with Crippen LogP contribution in [0.25, 0.3) is 5.57 Å². The maximum Gasteiger partial charge on any atom is 0.317 e. The molecule has 1 aromatic heterocycles. The quantitative estimate of drug-likeness (QED) is 0.818. The highest BCUT2D eigenvalue weighted by molar-refractivity contribution is 7.17. The third kappa shape index (κ3) is 3.22. The zero-order valence-corrected chi connectivity index (χ0v) is 15.3. The van der Waals surface area contributed by atoms with Crippen LogP contribution in [0.4, 0.5) is 9.80 Å². The van der Waals surface area contributed by atoms with Crippen LogP contribution >= 0.6 is 11.3 Å². The van der Waals surface area contributed by atoms with Gasteiger partial charge in [0.2, 0.25) is 0 Å². The molecule has 4 rings (SSSR count). The summed E-state index contributed by atoms with van der Waals surface area (Å²) in [6.07, 6.45) is 4.25. The van der Waals surface area contributed by atoms with Crippen molar-refractivity contribution in [2.45, 2.75) is 25.7 Å². The largest absolute Gasteiger partial charge is 0.351 e. The van der Waals surface area contributed by atoms with Gasteiger partial charge in [0.1, 0.15) is 0 Å². The zero-order valence-electron chi connectivity index (χ0n) is 14.5. The molecule has 0 saturated carbocycles. The highest BCUT2D eigenvalue weighted by Crippen LogP contribution is 2.43. The van der Waals surface area contributed by atoms with E-state index in [2.05, 4.69) is 47.6 Å². The molecule has 2 aromatic rings. The summed E-state index contributed by atoms with van der Waals surface area (Å²) >= 11 is 1.66. The van der Waals surface area contributed by atoms with Crippen LogP contribution < -0.4 is 11.1 Å². The van der Waals surface area contributed by atoms with Gasteiger partial charge in [0.15, 0.2) is 0 Å². The first-order valence-electron chi connectivity index (χ1n) is 8.80. The van der Waals surface area contributed by atoms with E-state index in [9.17, 15) is 4.79 Å². The Morgan fingerprint density at radius 3 is 2.60 bits per heavy atom. The minimum Gasteiger partial charge on any atom is -0.351 e. The predicted octanol–water partition coefficient (Wildman–Crippen LogP) is 3.86. The van der Waals surface area contributed by atoms with Crippen LogP contribution in [-0.2, 0) is 12.8 Å². The molecular weight excluding hydrogens is 330 g/mol. The van der Waals surface area contributed by atoms with Gasteiger partial charge in [0.05, 0.1) is 5.00 Å². The average molecular weight is 353 g/mol. The van der Waals surface area contributed by atoms with Gasteiger partial charge >= 0.3 is 6.03 Å². The van der Waals surface area contributed by atoms with Gasteiger partial charge in [-0.2, -0.15) is 0 Å². The molecular formula is C20H23N3OS. The summed E-state index contributed by atoms with van der Waals surface area (Å²) in [5.74, 6) is 0. The molecule has 130 valence electrons. The Balaban J connectivity index is 1.87. The Morgan fingerprint density at radius 1 is 1.12 bits per heavy atom. The topological polar surface area (TPSA) is 58.4 Å². The van der Waals surface area contributed by atoms with Gasteiger partial charge in [-0.1, -0.05) is 29.8 Å². The van der Waals surface area contributed by atoms with Crippen molar-refractivity contribution >= 4 is 27.9 Å². The summed E-state index contributed by atoms with van der Waals surface area (Å²) < 4.78 is 0. The highest BCUT2D eigenvalue weighted by atomic mass is 32.1. The second kappa shape index (κ2) is 6.65. The van der Waals surface area contributed by atoms with Gasteiger partial charge in [-0.3, -0.25) is 5.32 Å². The van der Waals surface area contributed by atoms with Gasteiger partial charge < -0.3 is 10.6 Å². The minimum absolute atomic E-state index is 0.495. The Labute approximate surface area is 152 Å². The molecule has 1 saturated heterocycles. The first-order chi connectivity index (χ1) is 12.1. The van der Waals surface area contributed by atoms with Crippen molar-refractivity contribution in [2.75, 3.05) is 25.5 Å². The van der Waals surface area contributed by atoms with E-state index >= 15 is 0 Å². The lowest BCUT2D eigenvalue weighted by Crippen LogP contribution is -2.26. The number of aryl methyl sites for hydroxylation is 2. The number of likely N-dealkylation sites (tertiary alicyclic amines) is 1. The third-order valence-corrected chi connectivity index (χ3v) is 6.29. The van der Waals surface area contributed by atoms with Gasteiger partial charge in [-0.05, 0) is 61.1 Å². The van der Waals surface area contributed by atoms with Crippen LogP contribution in [0, 0.1) is 0 Å². The number of thiophene rings is 1. The van der Waals surface area contributed by atoms with E-state index in [1.54, 1.807) is 16.9 Å². The summed E-state index contributed by atoms with van der Waals surface area (Å²) in [5.41, 5.74) is 12.4. The van der Waals surface area contributed by atoms with Crippen molar-refractivity contribution in [3.8, 4) is 0 Å². The Morgan fingerprint density at radius 2 is 1.84 bits per heavy atom. The number of carbonyl (C=O) groups excluding carboxylic acids is 1. The maximum atomic E-state index is 11.3. The molecule has 0 unspecified atom stereocenters. The first kappa shape index (κ1) is 16.4. The van der Waals surface area contributed by atoms with Crippen molar-refractivity contribution in [2.24, 2.45) is 5.73 Å². The average Bonchev–Trinajstić information content (AvgIpc) is 2.90. The maximum absolute atomic E-state index is 11.3. The number of primary amides is 1. The summed E-state index contributed by atoms with van der Waals surface area (Å²) in [5, 5.41) is 3.61. The predicted molar refractivity (Wildman–Crippen MR) is 104 cm³/mol. The molecule has 1 fully saturated rings. The monoisotopic (exact) mass is 353 g/mol. The SMILES string of the molecule is CN1CCC(=C2c3ccccc3CCc3cc(NC(N)=O)sc32)CC1. The number of rotatable bonds is 1. The van der Waals surface area contributed by atoms with E-state index in [4.69, 9.17) is 5.73 Å². The number of carbonyl (C=O) groups is 1. The van der Waals surface area contributed by atoms with Crippen LogP contribution in [0.2, 0.25) is 0 Å². The number of benzene rings is 1. The van der Waals surface area contributed by atoms with Crippen LogP contribution in [0.3, 0.4) is 0 Å². The molecule has 1 aromatic carbocycles. The molecule has 2 heterocycles. The minimum atomic E-state index is -0.495. The fraction of sp³-hybridized carbons (Fsp3) is 0.350. The fourth-order valence-electron chi connectivity index (χ4n) is 3.87. The number of anilines is 1. The third-order valence-electron chi connectivity index (χ3n) is 5.18. The number of nitrogens with one attached hydrogen (secondary N) is 1.